The molecule has 2 aliphatic carbocycles. The van der Waals surface area contributed by atoms with Crippen LogP contribution in [0, 0.1) is 0 Å². The molecular weight excluding hydrogens is 448 g/mol. The van der Waals surface area contributed by atoms with Crippen molar-refractivity contribution in [2.45, 2.75) is 51.4 Å². The molecular formula is C32H34O4. The van der Waals surface area contributed by atoms with Crippen LogP contribution in [-0.4, -0.2) is 25.2 Å². The highest BCUT2D eigenvalue weighted by atomic mass is 16.5. The maximum absolute atomic E-state index is 12.2. The number of benzene rings is 2. The molecule has 0 atom stereocenters. The van der Waals surface area contributed by atoms with Crippen molar-refractivity contribution >= 4 is 23.1 Å². The smallest absolute Gasteiger partial charge is 0.331 e. The van der Waals surface area contributed by atoms with Gasteiger partial charge in [0.25, 0.3) is 0 Å². The number of hydrogen-bond acceptors (Lipinski definition) is 4. The maximum atomic E-state index is 12.2. The van der Waals surface area contributed by atoms with E-state index in [2.05, 4.69) is 36.4 Å². The second kappa shape index (κ2) is 13.4. The van der Waals surface area contributed by atoms with Crippen LogP contribution in [0.5, 0.6) is 0 Å². The van der Waals surface area contributed by atoms with Gasteiger partial charge in [-0.3, -0.25) is 0 Å². The van der Waals surface area contributed by atoms with Gasteiger partial charge in [0, 0.05) is 12.2 Å². The molecule has 0 saturated carbocycles. The van der Waals surface area contributed by atoms with E-state index in [-0.39, 0.29) is 11.9 Å². The van der Waals surface area contributed by atoms with Crippen molar-refractivity contribution in [3.8, 4) is 0 Å². The fraction of sp³-hybridized carbons (Fsp3) is 0.312. The van der Waals surface area contributed by atoms with Crippen molar-refractivity contribution in [3.05, 3.63) is 107 Å². The van der Waals surface area contributed by atoms with Crippen molar-refractivity contribution in [2.24, 2.45) is 0 Å². The molecule has 2 aliphatic rings. The molecule has 0 fully saturated rings. The monoisotopic (exact) mass is 482 g/mol. The predicted octanol–water partition coefficient (Wildman–Crippen LogP) is 7.24. The van der Waals surface area contributed by atoms with Gasteiger partial charge in [0.05, 0.1) is 13.2 Å². The quantitative estimate of drug-likeness (QED) is 0.215. The van der Waals surface area contributed by atoms with Crippen molar-refractivity contribution in [3.63, 3.8) is 0 Å². The summed E-state index contributed by atoms with van der Waals surface area (Å²) in [4.78, 5) is 24.4. The van der Waals surface area contributed by atoms with Gasteiger partial charge in [-0.05, 0) is 84.8 Å². The summed E-state index contributed by atoms with van der Waals surface area (Å²) >= 11 is 0. The first-order chi connectivity index (χ1) is 17.7. The molecule has 0 aliphatic heterocycles. The molecule has 2 aromatic rings. The van der Waals surface area contributed by atoms with E-state index >= 15 is 0 Å². The zero-order valence-corrected chi connectivity index (χ0v) is 20.8. The van der Waals surface area contributed by atoms with Crippen LogP contribution >= 0.6 is 0 Å². The van der Waals surface area contributed by atoms with Gasteiger partial charge in [0.2, 0.25) is 0 Å². The van der Waals surface area contributed by atoms with E-state index in [1.54, 1.807) is 12.2 Å². The summed E-state index contributed by atoms with van der Waals surface area (Å²) in [5.41, 5.74) is 6.96. The third-order valence-electron chi connectivity index (χ3n) is 6.47. The minimum absolute atomic E-state index is 0.310. The lowest BCUT2D eigenvalue weighted by Crippen LogP contribution is -2.08. The van der Waals surface area contributed by atoms with E-state index in [0.29, 0.717) is 26.1 Å². The van der Waals surface area contributed by atoms with Gasteiger partial charge in [0.15, 0.2) is 0 Å². The lowest BCUT2D eigenvalue weighted by molar-refractivity contribution is -0.140. The second-order valence-corrected chi connectivity index (χ2v) is 9.26. The number of esters is 2. The molecule has 0 spiro atoms. The zero-order valence-electron chi connectivity index (χ0n) is 20.8. The third-order valence-corrected chi connectivity index (χ3v) is 6.47. The maximum Gasteiger partial charge on any atom is 0.331 e. The molecule has 0 N–H and O–H groups in total. The number of carbonyl (C=O) groups excluding carboxylic acids is 2. The number of carbonyl (C=O) groups is 2. The first kappa shape index (κ1) is 25.4. The van der Waals surface area contributed by atoms with Crippen molar-refractivity contribution in [1.82, 2.24) is 0 Å². The van der Waals surface area contributed by atoms with Crippen LogP contribution in [0.4, 0.5) is 0 Å². The lowest BCUT2D eigenvalue weighted by atomic mass is 9.90. The minimum atomic E-state index is -0.310. The number of ether oxygens (including phenoxy) is 2. The topological polar surface area (TPSA) is 52.6 Å². The van der Waals surface area contributed by atoms with Crippen LogP contribution < -0.4 is 0 Å². The second-order valence-electron chi connectivity index (χ2n) is 9.26. The standard InChI is InChI=1S/C32H34O4/c33-31(23-25-11-9-17-29(21-25)27-13-3-1-4-14-27)35-19-7-8-20-36-32(34)24-26-12-10-18-30(22-26)28-15-5-2-6-16-28/h1-6,13-16,21-24H,7-12,17-20H2/b25-23+,26-24+. The van der Waals surface area contributed by atoms with Gasteiger partial charge in [-0.25, -0.2) is 9.59 Å². The Morgan fingerprint density at radius 3 is 1.44 bits per heavy atom. The largest absolute Gasteiger partial charge is 0.463 e. The lowest BCUT2D eigenvalue weighted by Gasteiger charge is -2.15. The van der Waals surface area contributed by atoms with Crippen LogP contribution in [0.1, 0.15) is 62.5 Å². The van der Waals surface area contributed by atoms with E-state index in [9.17, 15) is 9.59 Å². The van der Waals surface area contributed by atoms with Crippen LogP contribution in [0.3, 0.4) is 0 Å². The molecule has 2 aromatic carbocycles. The molecule has 4 heteroatoms. The molecule has 0 heterocycles. The highest BCUT2D eigenvalue weighted by Gasteiger charge is 2.12. The number of rotatable bonds is 9. The van der Waals surface area contributed by atoms with Gasteiger partial charge in [0.1, 0.15) is 0 Å². The van der Waals surface area contributed by atoms with E-state index < -0.39 is 0 Å². The van der Waals surface area contributed by atoms with E-state index in [0.717, 1.165) is 49.7 Å². The molecule has 4 nitrogen and oxygen atoms in total. The van der Waals surface area contributed by atoms with Gasteiger partial charge in [-0.1, -0.05) is 72.8 Å². The number of unbranched alkanes of at least 4 members (excludes halogenated alkanes) is 1. The van der Waals surface area contributed by atoms with Crippen LogP contribution in [0.15, 0.2) is 96.1 Å². The van der Waals surface area contributed by atoms with E-state index in [1.807, 2.05) is 36.4 Å². The molecule has 0 saturated heterocycles. The molecule has 0 radical (unpaired) electrons. The molecule has 186 valence electrons. The number of hydrogen-bond donors (Lipinski definition) is 0. The normalized spacial score (nSPS) is 17.9. The van der Waals surface area contributed by atoms with Crippen molar-refractivity contribution < 1.29 is 19.1 Å². The first-order valence-corrected chi connectivity index (χ1v) is 12.9. The molecule has 0 unspecified atom stereocenters. The first-order valence-electron chi connectivity index (χ1n) is 12.9. The Morgan fingerprint density at radius 2 is 1.03 bits per heavy atom. The van der Waals surface area contributed by atoms with Gasteiger partial charge in [-0.15, -0.1) is 0 Å². The Kier molecular flexibility index (Phi) is 9.49. The zero-order chi connectivity index (χ0) is 25.0. The predicted molar refractivity (Wildman–Crippen MR) is 144 cm³/mol. The van der Waals surface area contributed by atoms with E-state index in [4.69, 9.17) is 9.47 Å². The molecule has 4 rings (SSSR count). The molecule has 0 amide bonds. The third kappa shape index (κ3) is 7.94. The average molecular weight is 483 g/mol. The fourth-order valence-electron chi connectivity index (χ4n) is 4.63. The molecule has 36 heavy (non-hydrogen) atoms. The molecule has 0 bridgehead atoms. The average Bonchev–Trinajstić information content (AvgIpc) is 2.92. The highest BCUT2D eigenvalue weighted by Crippen LogP contribution is 2.30. The SMILES string of the molecule is O=C(/C=C1/C=C(c2ccccc2)CCC1)OCCCCOC(=O)/C=C1/C=C(c2ccccc2)CCC1. The fourth-order valence-corrected chi connectivity index (χ4v) is 4.63. The van der Waals surface area contributed by atoms with Crippen LogP contribution in [0.2, 0.25) is 0 Å². The van der Waals surface area contributed by atoms with E-state index in [1.165, 1.54) is 22.3 Å². The van der Waals surface area contributed by atoms with Gasteiger partial charge >= 0.3 is 11.9 Å². The Morgan fingerprint density at radius 1 is 0.611 bits per heavy atom. The van der Waals surface area contributed by atoms with Gasteiger partial charge in [-0.2, -0.15) is 0 Å². The highest BCUT2D eigenvalue weighted by molar-refractivity contribution is 5.85. The van der Waals surface area contributed by atoms with Gasteiger partial charge < -0.3 is 9.47 Å². The minimum Gasteiger partial charge on any atom is -0.463 e. The van der Waals surface area contributed by atoms with Crippen LogP contribution in [-0.2, 0) is 19.1 Å². The summed E-state index contributed by atoms with van der Waals surface area (Å²) in [6.45, 7) is 0.638. The summed E-state index contributed by atoms with van der Waals surface area (Å²) in [5, 5.41) is 0. The summed E-state index contributed by atoms with van der Waals surface area (Å²) in [7, 11) is 0. The summed E-state index contributed by atoms with van der Waals surface area (Å²) in [6.07, 6.45) is 14.6. The summed E-state index contributed by atoms with van der Waals surface area (Å²) < 4.78 is 10.7. The Labute approximate surface area is 214 Å². The molecule has 0 aromatic heterocycles. The summed E-state index contributed by atoms with van der Waals surface area (Å²) in [5.74, 6) is -0.619. The Bertz CT molecular complexity index is 1060. The summed E-state index contributed by atoms with van der Waals surface area (Å²) in [6, 6.07) is 20.6. The van der Waals surface area contributed by atoms with Crippen molar-refractivity contribution in [2.75, 3.05) is 13.2 Å². The van der Waals surface area contributed by atoms with Crippen LogP contribution in [0.25, 0.3) is 11.1 Å². The Hall–Kier alpha value is -3.66. The number of allylic oxidation sites excluding steroid dienone is 6. The van der Waals surface area contributed by atoms with Crippen molar-refractivity contribution in [1.29, 1.82) is 0 Å². The Balaban J connectivity index is 1.15.